The molecule has 0 radical (unpaired) electrons. The van der Waals surface area contributed by atoms with Gasteiger partial charge >= 0.3 is 12.2 Å². The molecule has 2 atom stereocenters. The van der Waals surface area contributed by atoms with E-state index in [1.54, 1.807) is 5.32 Å². The van der Waals surface area contributed by atoms with Crippen molar-refractivity contribution in [1.29, 1.82) is 0 Å². The molecule has 1 aliphatic carbocycles. The standard InChI is InChI=1S/C6H10F3N3O/c7-6(8,9)2-11-5(13)12-4-1-3(4)10/h3-4H,1-2,10H2,(H2,11,12,13). The highest BCUT2D eigenvalue weighted by Crippen LogP contribution is 2.17. The van der Waals surface area contributed by atoms with Crippen LogP contribution in [0.1, 0.15) is 6.42 Å². The minimum absolute atomic E-state index is 0.114. The van der Waals surface area contributed by atoms with Gasteiger partial charge in [-0.15, -0.1) is 0 Å². The van der Waals surface area contributed by atoms with Crippen molar-refractivity contribution in [2.75, 3.05) is 6.54 Å². The minimum Gasteiger partial charge on any atom is -0.334 e. The summed E-state index contributed by atoms with van der Waals surface area (Å²) in [5, 5.41) is 3.99. The minimum atomic E-state index is -4.37. The van der Waals surface area contributed by atoms with Gasteiger partial charge in [0.05, 0.1) is 0 Å². The zero-order chi connectivity index (χ0) is 10.1. The van der Waals surface area contributed by atoms with Gasteiger partial charge in [0, 0.05) is 12.1 Å². The molecule has 0 saturated heterocycles. The van der Waals surface area contributed by atoms with Gasteiger partial charge in [-0.2, -0.15) is 13.2 Å². The fourth-order valence-corrected chi connectivity index (χ4v) is 0.781. The number of alkyl halides is 3. The maximum atomic E-state index is 11.6. The SMILES string of the molecule is NC1CC1NC(=O)NCC(F)(F)F. The lowest BCUT2D eigenvalue weighted by atomic mass is 10.6. The van der Waals surface area contributed by atoms with E-state index in [0.717, 1.165) is 0 Å². The van der Waals surface area contributed by atoms with Crippen LogP contribution in [0.15, 0.2) is 0 Å². The van der Waals surface area contributed by atoms with E-state index in [9.17, 15) is 18.0 Å². The number of amides is 2. The first-order valence-corrected chi connectivity index (χ1v) is 3.75. The van der Waals surface area contributed by atoms with Crippen LogP contribution in [0.4, 0.5) is 18.0 Å². The van der Waals surface area contributed by atoms with E-state index >= 15 is 0 Å². The molecule has 1 saturated carbocycles. The van der Waals surface area contributed by atoms with Crippen molar-refractivity contribution in [3.05, 3.63) is 0 Å². The Hall–Kier alpha value is -0.980. The molecule has 1 rings (SSSR count). The first-order valence-electron chi connectivity index (χ1n) is 3.75. The van der Waals surface area contributed by atoms with Crippen molar-refractivity contribution in [2.24, 2.45) is 5.73 Å². The molecule has 0 aromatic heterocycles. The van der Waals surface area contributed by atoms with Crippen molar-refractivity contribution >= 4 is 6.03 Å². The van der Waals surface area contributed by atoms with Crippen LogP contribution < -0.4 is 16.4 Å². The Kier molecular flexibility index (Phi) is 2.65. The summed E-state index contributed by atoms with van der Waals surface area (Å²) in [5.41, 5.74) is 5.33. The van der Waals surface area contributed by atoms with Gasteiger partial charge in [-0.3, -0.25) is 0 Å². The normalized spacial score (nSPS) is 26.8. The van der Waals surface area contributed by atoms with Gasteiger partial charge < -0.3 is 16.4 Å². The van der Waals surface area contributed by atoms with Crippen molar-refractivity contribution < 1.29 is 18.0 Å². The van der Waals surface area contributed by atoms with Gasteiger partial charge in [0.1, 0.15) is 6.54 Å². The second-order valence-electron chi connectivity index (χ2n) is 2.95. The first-order chi connectivity index (χ1) is 5.88. The average molecular weight is 197 g/mol. The second-order valence-corrected chi connectivity index (χ2v) is 2.95. The lowest BCUT2D eigenvalue weighted by Gasteiger charge is -2.08. The Balaban J connectivity index is 2.11. The molecule has 7 heteroatoms. The number of rotatable bonds is 2. The van der Waals surface area contributed by atoms with E-state index in [2.05, 4.69) is 5.32 Å². The Morgan fingerprint density at radius 3 is 2.46 bits per heavy atom. The summed E-state index contributed by atoms with van der Waals surface area (Å²) >= 11 is 0. The predicted molar refractivity (Wildman–Crippen MR) is 39.0 cm³/mol. The summed E-state index contributed by atoms with van der Waals surface area (Å²) in [6, 6.07) is -1.11. The van der Waals surface area contributed by atoms with E-state index in [-0.39, 0.29) is 12.1 Å². The van der Waals surface area contributed by atoms with Crippen molar-refractivity contribution in [3.8, 4) is 0 Å². The van der Waals surface area contributed by atoms with Crippen molar-refractivity contribution in [2.45, 2.75) is 24.7 Å². The third-order valence-electron chi connectivity index (χ3n) is 1.61. The molecule has 2 amide bonds. The number of carbonyl (C=O) groups is 1. The predicted octanol–water partition coefficient (Wildman–Crippen LogP) is -0.0525. The highest BCUT2D eigenvalue weighted by molar-refractivity contribution is 5.74. The number of nitrogens with two attached hydrogens (primary N) is 1. The Bertz CT molecular complexity index is 206. The number of nitrogens with one attached hydrogen (secondary N) is 2. The largest absolute Gasteiger partial charge is 0.405 e. The van der Waals surface area contributed by atoms with E-state index < -0.39 is 18.8 Å². The van der Waals surface area contributed by atoms with Crippen LogP contribution in [0, 0.1) is 0 Å². The molecular formula is C6H10F3N3O. The maximum Gasteiger partial charge on any atom is 0.405 e. The first kappa shape index (κ1) is 10.1. The molecule has 4 nitrogen and oxygen atoms in total. The monoisotopic (exact) mass is 197 g/mol. The van der Waals surface area contributed by atoms with Crippen LogP contribution in [0.5, 0.6) is 0 Å². The third-order valence-corrected chi connectivity index (χ3v) is 1.61. The molecule has 1 fully saturated rings. The summed E-state index contributed by atoms with van der Waals surface area (Å²) in [4.78, 5) is 10.7. The van der Waals surface area contributed by atoms with Gasteiger partial charge in [0.15, 0.2) is 0 Å². The topological polar surface area (TPSA) is 67.1 Å². The Labute approximate surface area is 72.7 Å². The van der Waals surface area contributed by atoms with Crippen molar-refractivity contribution in [1.82, 2.24) is 10.6 Å². The average Bonchev–Trinajstić information content (AvgIpc) is 2.61. The highest BCUT2D eigenvalue weighted by atomic mass is 19.4. The zero-order valence-corrected chi connectivity index (χ0v) is 6.69. The molecule has 2 unspecified atom stereocenters. The van der Waals surface area contributed by atoms with Crippen LogP contribution in [0.2, 0.25) is 0 Å². The molecule has 0 aliphatic heterocycles. The smallest absolute Gasteiger partial charge is 0.334 e. The van der Waals surface area contributed by atoms with E-state index in [0.29, 0.717) is 6.42 Å². The van der Waals surface area contributed by atoms with Crippen LogP contribution in [-0.4, -0.2) is 30.8 Å². The summed E-state index contributed by atoms with van der Waals surface area (Å²) in [7, 11) is 0. The van der Waals surface area contributed by atoms with Crippen LogP contribution in [-0.2, 0) is 0 Å². The van der Waals surface area contributed by atoms with Gasteiger partial charge in [-0.25, -0.2) is 4.79 Å². The quantitative estimate of drug-likeness (QED) is 0.581. The third kappa shape index (κ3) is 3.97. The molecule has 76 valence electrons. The lowest BCUT2D eigenvalue weighted by molar-refractivity contribution is -0.122. The van der Waals surface area contributed by atoms with Gasteiger partial charge in [-0.1, -0.05) is 0 Å². The second kappa shape index (κ2) is 3.41. The molecule has 1 aliphatic rings. The highest BCUT2D eigenvalue weighted by Gasteiger charge is 2.35. The summed E-state index contributed by atoms with van der Waals surface area (Å²) in [6.07, 6.45) is -3.75. The number of urea groups is 1. The zero-order valence-electron chi connectivity index (χ0n) is 6.69. The van der Waals surface area contributed by atoms with Crippen LogP contribution >= 0.6 is 0 Å². The molecule has 13 heavy (non-hydrogen) atoms. The number of hydrogen-bond acceptors (Lipinski definition) is 2. The lowest BCUT2D eigenvalue weighted by Crippen LogP contribution is -2.42. The molecule has 0 aromatic rings. The molecule has 0 aromatic carbocycles. The summed E-state index contributed by atoms with van der Waals surface area (Å²) < 4.78 is 34.7. The molecular weight excluding hydrogens is 187 g/mol. The van der Waals surface area contributed by atoms with Gasteiger partial charge in [0.25, 0.3) is 0 Å². The Morgan fingerprint density at radius 1 is 1.54 bits per heavy atom. The molecule has 0 spiro atoms. The van der Waals surface area contributed by atoms with Crippen molar-refractivity contribution in [3.63, 3.8) is 0 Å². The number of hydrogen-bond donors (Lipinski definition) is 3. The van der Waals surface area contributed by atoms with E-state index in [4.69, 9.17) is 5.73 Å². The summed E-state index contributed by atoms with van der Waals surface area (Å²) in [6.45, 7) is -1.32. The Morgan fingerprint density at radius 2 is 2.08 bits per heavy atom. The van der Waals surface area contributed by atoms with Gasteiger partial charge in [0.2, 0.25) is 0 Å². The van der Waals surface area contributed by atoms with E-state index in [1.165, 1.54) is 0 Å². The number of halogens is 3. The molecule has 0 heterocycles. The molecule has 4 N–H and O–H groups in total. The fraction of sp³-hybridized carbons (Fsp3) is 0.833. The molecule has 0 bridgehead atoms. The fourth-order valence-electron chi connectivity index (χ4n) is 0.781. The maximum absolute atomic E-state index is 11.6. The number of carbonyl (C=O) groups excluding carboxylic acids is 1. The van der Waals surface area contributed by atoms with Gasteiger partial charge in [-0.05, 0) is 6.42 Å². The van der Waals surface area contributed by atoms with Crippen LogP contribution in [0.25, 0.3) is 0 Å². The van der Waals surface area contributed by atoms with Crippen LogP contribution in [0.3, 0.4) is 0 Å². The summed E-state index contributed by atoms with van der Waals surface area (Å²) in [5.74, 6) is 0. The van der Waals surface area contributed by atoms with E-state index in [1.807, 2.05) is 0 Å².